The summed E-state index contributed by atoms with van der Waals surface area (Å²) < 4.78 is 9.45. The highest BCUT2D eigenvalue weighted by Crippen LogP contribution is 2.13. The quantitative estimate of drug-likeness (QED) is 0.330. The Balaban J connectivity index is 2.54. The highest BCUT2D eigenvalue weighted by molar-refractivity contribution is 5.95. The summed E-state index contributed by atoms with van der Waals surface area (Å²) in [6.07, 6.45) is 10.9. The van der Waals surface area contributed by atoms with Gasteiger partial charge in [0.1, 0.15) is 0 Å². The average Bonchev–Trinajstić information content (AvgIpc) is 2.67. The van der Waals surface area contributed by atoms with Gasteiger partial charge in [0.2, 0.25) is 0 Å². The number of benzene rings is 1. The largest absolute Gasteiger partial charge is 0.465 e. The van der Waals surface area contributed by atoms with E-state index in [1.807, 2.05) is 0 Å². The average molecular weight is 358 g/mol. The maximum absolute atomic E-state index is 11.7. The van der Waals surface area contributed by atoms with Crippen molar-refractivity contribution in [1.29, 1.82) is 0 Å². The third-order valence-electron chi connectivity index (χ3n) is 4.16. The van der Waals surface area contributed by atoms with Gasteiger partial charge in [-0.3, -0.25) is 0 Å². The van der Waals surface area contributed by atoms with Crippen LogP contribution in [0.5, 0.6) is 0 Å². The predicted octanol–water partition coefficient (Wildman–Crippen LogP) is 5.14. The molecule has 0 unspecified atom stereocenters. The van der Waals surface area contributed by atoms with Crippen molar-refractivity contribution in [3.8, 4) is 11.8 Å². The van der Waals surface area contributed by atoms with Gasteiger partial charge in [-0.25, -0.2) is 9.59 Å². The first-order valence-corrected chi connectivity index (χ1v) is 9.43. The lowest BCUT2D eigenvalue weighted by Crippen LogP contribution is -2.07. The van der Waals surface area contributed by atoms with E-state index >= 15 is 0 Å². The molecule has 4 heteroatoms. The molecule has 0 N–H and O–H groups in total. The second-order valence-corrected chi connectivity index (χ2v) is 6.31. The van der Waals surface area contributed by atoms with Crippen molar-refractivity contribution in [2.24, 2.45) is 0 Å². The smallest absolute Gasteiger partial charge is 0.337 e. The van der Waals surface area contributed by atoms with E-state index < -0.39 is 11.9 Å². The summed E-state index contributed by atoms with van der Waals surface area (Å²) in [6, 6.07) is 4.74. The summed E-state index contributed by atoms with van der Waals surface area (Å²) >= 11 is 0. The van der Waals surface area contributed by atoms with Crippen LogP contribution in [0.4, 0.5) is 0 Å². The van der Waals surface area contributed by atoms with Crippen molar-refractivity contribution in [2.45, 2.75) is 64.7 Å². The Morgan fingerprint density at radius 1 is 0.808 bits per heavy atom. The molecule has 142 valence electrons. The van der Waals surface area contributed by atoms with Crippen LogP contribution in [0.3, 0.4) is 0 Å². The van der Waals surface area contributed by atoms with Crippen LogP contribution >= 0.6 is 0 Å². The van der Waals surface area contributed by atoms with E-state index in [2.05, 4.69) is 18.8 Å². The molecular formula is C22H30O4. The van der Waals surface area contributed by atoms with E-state index in [9.17, 15) is 9.59 Å². The van der Waals surface area contributed by atoms with Gasteiger partial charge in [0.05, 0.1) is 25.3 Å². The molecule has 0 aromatic heterocycles. The van der Waals surface area contributed by atoms with Crippen molar-refractivity contribution in [3.05, 3.63) is 34.9 Å². The minimum absolute atomic E-state index is 0.298. The summed E-state index contributed by atoms with van der Waals surface area (Å²) in [5, 5.41) is 0. The highest BCUT2D eigenvalue weighted by Gasteiger charge is 2.13. The Kier molecular flexibility index (Phi) is 10.9. The van der Waals surface area contributed by atoms with Gasteiger partial charge in [-0.2, -0.15) is 0 Å². The van der Waals surface area contributed by atoms with Gasteiger partial charge in [-0.05, 0) is 24.6 Å². The molecule has 0 radical (unpaired) electrons. The Bertz CT molecular complexity index is 603. The van der Waals surface area contributed by atoms with Crippen molar-refractivity contribution >= 4 is 11.9 Å². The fourth-order valence-electron chi connectivity index (χ4n) is 2.68. The molecule has 0 aliphatic heterocycles. The van der Waals surface area contributed by atoms with Gasteiger partial charge in [-0.1, -0.05) is 63.7 Å². The van der Waals surface area contributed by atoms with Crippen LogP contribution < -0.4 is 0 Å². The monoisotopic (exact) mass is 358 g/mol. The summed E-state index contributed by atoms with van der Waals surface area (Å²) in [6.45, 7) is 2.23. The number of carbonyl (C=O) groups excluding carboxylic acids is 2. The van der Waals surface area contributed by atoms with Crippen LogP contribution in [0, 0.1) is 11.8 Å². The zero-order valence-corrected chi connectivity index (χ0v) is 16.2. The van der Waals surface area contributed by atoms with Crippen molar-refractivity contribution in [2.75, 3.05) is 14.2 Å². The zero-order valence-electron chi connectivity index (χ0n) is 16.2. The van der Waals surface area contributed by atoms with Crippen molar-refractivity contribution < 1.29 is 19.1 Å². The third-order valence-corrected chi connectivity index (χ3v) is 4.16. The summed E-state index contributed by atoms with van der Waals surface area (Å²) in [7, 11) is 2.61. The lowest BCUT2D eigenvalue weighted by atomic mass is 10.0. The molecule has 0 saturated heterocycles. The maximum atomic E-state index is 11.7. The van der Waals surface area contributed by atoms with Crippen LogP contribution in [0.25, 0.3) is 0 Å². The van der Waals surface area contributed by atoms with Gasteiger partial charge < -0.3 is 9.47 Å². The molecule has 1 aromatic carbocycles. The lowest BCUT2D eigenvalue weighted by molar-refractivity contribution is 0.0599. The van der Waals surface area contributed by atoms with Gasteiger partial charge in [-0.15, -0.1) is 0 Å². The Morgan fingerprint density at radius 2 is 1.31 bits per heavy atom. The maximum Gasteiger partial charge on any atom is 0.337 e. The first-order chi connectivity index (χ1) is 12.6. The van der Waals surface area contributed by atoms with Crippen LogP contribution in [0.2, 0.25) is 0 Å². The van der Waals surface area contributed by atoms with Crippen molar-refractivity contribution in [1.82, 2.24) is 0 Å². The molecule has 0 spiro atoms. The Morgan fingerprint density at radius 3 is 1.81 bits per heavy atom. The van der Waals surface area contributed by atoms with E-state index in [-0.39, 0.29) is 0 Å². The minimum atomic E-state index is -0.498. The molecular weight excluding hydrogens is 328 g/mol. The van der Waals surface area contributed by atoms with Crippen LogP contribution in [0.1, 0.15) is 91.0 Å². The molecule has 1 aromatic rings. The van der Waals surface area contributed by atoms with Gasteiger partial charge in [0.15, 0.2) is 0 Å². The van der Waals surface area contributed by atoms with E-state index in [0.717, 1.165) is 12.8 Å². The molecule has 0 fully saturated rings. The Labute approximate surface area is 157 Å². The minimum Gasteiger partial charge on any atom is -0.465 e. The highest BCUT2D eigenvalue weighted by atomic mass is 16.5. The number of rotatable bonds is 10. The number of hydrogen-bond acceptors (Lipinski definition) is 4. The SMILES string of the molecule is CCCCCCCCCCC#Cc1cc(C(=O)OC)cc(C(=O)OC)c1. The lowest BCUT2D eigenvalue weighted by Gasteiger charge is -2.04. The zero-order chi connectivity index (χ0) is 19.2. The van der Waals surface area contributed by atoms with Crippen LogP contribution in [-0.4, -0.2) is 26.2 Å². The van der Waals surface area contributed by atoms with Crippen molar-refractivity contribution in [3.63, 3.8) is 0 Å². The molecule has 0 aliphatic rings. The Hall–Kier alpha value is -2.28. The number of ether oxygens (including phenoxy) is 2. The standard InChI is InChI=1S/C22H30O4/c1-4-5-6-7-8-9-10-11-12-13-14-18-15-19(21(23)25-2)17-20(16-18)22(24)26-3/h15-17H,4-12H2,1-3H3. The van der Waals surface area contributed by atoms with Gasteiger partial charge in [0, 0.05) is 12.0 Å². The number of unbranched alkanes of at least 4 members (excludes halogenated alkanes) is 8. The second kappa shape index (κ2) is 13.0. The van der Waals surface area contributed by atoms with Crippen LogP contribution in [0.15, 0.2) is 18.2 Å². The third kappa shape index (κ3) is 8.20. The molecule has 0 bridgehead atoms. The summed E-state index contributed by atoms with van der Waals surface area (Å²) in [5.74, 6) is 5.17. The molecule has 26 heavy (non-hydrogen) atoms. The number of hydrogen-bond donors (Lipinski definition) is 0. The van der Waals surface area contributed by atoms with E-state index in [0.29, 0.717) is 16.7 Å². The number of carbonyl (C=O) groups is 2. The fraction of sp³-hybridized carbons (Fsp3) is 0.545. The van der Waals surface area contributed by atoms with E-state index in [1.54, 1.807) is 12.1 Å². The number of esters is 2. The first-order valence-electron chi connectivity index (χ1n) is 9.43. The molecule has 4 nitrogen and oxygen atoms in total. The molecule has 0 heterocycles. The van der Waals surface area contributed by atoms with Crippen LogP contribution in [-0.2, 0) is 9.47 Å². The topological polar surface area (TPSA) is 52.6 Å². The molecule has 0 atom stereocenters. The van der Waals surface area contributed by atoms with Gasteiger partial charge >= 0.3 is 11.9 Å². The van der Waals surface area contributed by atoms with Gasteiger partial charge in [0.25, 0.3) is 0 Å². The molecule has 0 aliphatic carbocycles. The van der Waals surface area contributed by atoms with E-state index in [4.69, 9.17) is 9.47 Å². The second-order valence-electron chi connectivity index (χ2n) is 6.31. The fourth-order valence-corrected chi connectivity index (χ4v) is 2.68. The number of methoxy groups -OCH3 is 2. The van der Waals surface area contributed by atoms with E-state index in [1.165, 1.54) is 65.2 Å². The summed E-state index contributed by atoms with van der Waals surface area (Å²) in [5.41, 5.74) is 1.21. The molecule has 0 amide bonds. The predicted molar refractivity (Wildman–Crippen MR) is 103 cm³/mol. The normalized spacial score (nSPS) is 9.96. The summed E-state index contributed by atoms with van der Waals surface area (Å²) in [4.78, 5) is 23.5. The first kappa shape index (κ1) is 21.8. The molecule has 1 rings (SSSR count). The molecule has 0 saturated carbocycles.